The summed E-state index contributed by atoms with van der Waals surface area (Å²) in [7, 11) is 0. The SMILES string of the molecule is CCNC(Cc1cccc(Cl)c1Cl)c1ccnnc1. The van der Waals surface area contributed by atoms with Crippen molar-refractivity contribution in [3.05, 3.63) is 57.8 Å². The molecule has 0 fully saturated rings. The Morgan fingerprint density at radius 3 is 2.74 bits per heavy atom. The van der Waals surface area contributed by atoms with Crippen molar-refractivity contribution in [2.24, 2.45) is 0 Å². The molecule has 1 N–H and O–H groups in total. The van der Waals surface area contributed by atoms with Gasteiger partial charge in [-0.05, 0) is 36.2 Å². The van der Waals surface area contributed by atoms with E-state index in [0.29, 0.717) is 10.0 Å². The lowest BCUT2D eigenvalue weighted by atomic mass is 10.0. The van der Waals surface area contributed by atoms with Crippen LogP contribution in [0.1, 0.15) is 24.1 Å². The second-order valence-electron chi connectivity index (χ2n) is 4.20. The first-order chi connectivity index (χ1) is 9.22. The van der Waals surface area contributed by atoms with Crippen molar-refractivity contribution >= 4 is 23.2 Å². The summed E-state index contributed by atoms with van der Waals surface area (Å²) in [6.45, 7) is 2.94. The number of likely N-dealkylation sites (N-methyl/N-ethyl adjacent to an activating group) is 1. The fourth-order valence-electron chi connectivity index (χ4n) is 1.99. The van der Waals surface area contributed by atoms with Crippen LogP contribution in [0.2, 0.25) is 10.0 Å². The zero-order valence-electron chi connectivity index (χ0n) is 10.6. The second-order valence-corrected chi connectivity index (χ2v) is 4.99. The van der Waals surface area contributed by atoms with Crippen LogP contribution >= 0.6 is 23.2 Å². The average Bonchev–Trinajstić information content (AvgIpc) is 2.44. The highest BCUT2D eigenvalue weighted by Crippen LogP contribution is 2.29. The monoisotopic (exact) mass is 295 g/mol. The normalized spacial score (nSPS) is 12.4. The van der Waals surface area contributed by atoms with Crippen LogP contribution in [-0.2, 0) is 6.42 Å². The van der Waals surface area contributed by atoms with E-state index in [9.17, 15) is 0 Å². The molecule has 0 radical (unpaired) electrons. The van der Waals surface area contributed by atoms with E-state index in [2.05, 4.69) is 22.4 Å². The van der Waals surface area contributed by atoms with Gasteiger partial charge in [-0.15, -0.1) is 0 Å². The average molecular weight is 296 g/mol. The van der Waals surface area contributed by atoms with E-state index in [1.165, 1.54) is 0 Å². The van der Waals surface area contributed by atoms with Crippen LogP contribution in [0.15, 0.2) is 36.7 Å². The minimum absolute atomic E-state index is 0.150. The van der Waals surface area contributed by atoms with Crippen LogP contribution in [0.3, 0.4) is 0 Å². The Morgan fingerprint density at radius 1 is 1.21 bits per heavy atom. The number of hydrogen-bond acceptors (Lipinski definition) is 3. The zero-order valence-corrected chi connectivity index (χ0v) is 12.1. The van der Waals surface area contributed by atoms with Crippen LogP contribution in [-0.4, -0.2) is 16.7 Å². The first kappa shape index (κ1) is 14.3. The molecule has 0 aliphatic rings. The van der Waals surface area contributed by atoms with Crippen molar-refractivity contribution < 1.29 is 0 Å². The number of hydrogen-bond donors (Lipinski definition) is 1. The Morgan fingerprint density at radius 2 is 2.05 bits per heavy atom. The van der Waals surface area contributed by atoms with Crippen LogP contribution in [0.4, 0.5) is 0 Å². The number of aromatic nitrogens is 2. The summed E-state index contributed by atoms with van der Waals surface area (Å²) in [5.41, 5.74) is 2.12. The first-order valence-corrected chi connectivity index (χ1v) is 6.90. The minimum Gasteiger partial charge on any atom is -0.310 e. The molecule has 2 rings (SSSR count). The summed E-state index contributed by atoms with van der Waals surface area (Å²) < 4.78 is 0. The highest BCUT2D eigenvalue weighted by molar-refractivity contribution is 6.42. The van der Waals surface area contributed by atoms with Gasteiger partial charge in [-0.1, -0.05) is 42.3 Å². The van der Waals surface area contributed by atoms with Crippen molar-refractivity contribution in [1.82, 2.24) is 15.5 Å². The predicted molar refractivity (Wildman–Crippen MR) is 78.6 cm³/mol. The summed E-state index contributed by atoms with van der Waals surface area (Å²) in [6, 6.07) is 7.81. The van der Waals surface area contributed by atoms with Crippen molar-refractivity contribution in [1.29, 1.82) is 0 Å². The lowest BCUT2D eigenvalue weighted by Crippen LogP contribution is -2.23. The third kappa shape index (κ3) is 3.66. The third-order valence-electron chi connectivity index (χ3n) is 2.92. The Hall–Kier alpha value is -1.16. The predicted octanol–water partition coefficient (Wildman–Crippen LogP) is 3.68. The molecule has 0 saturated heterocycles. The number of rotatable bonds is 5. The first-order valence-electron chi connectivity index (χ1n) is 6.15. The molecule has 1 aromatic carbocycles. The van der Waals surface area contributed by atoms with E-state index < -0.39 is 0 Å². The Bertz CT molecular complexity index is 531. The van der Waals surface area contributed by atoms with Gasteiger partial charge in [-0.2, -0.15) is 10.2 Å². The van der Waals surface area contributed by atoms with E-state index in [-0.39, 0.29) is 6.04 Å². The molecular weight excluding hydrogens is 281 g/mol. The maximum absolute atomic E-state index is 6.24. The van der Waals surface area contributed by atoms with Crippen molar-refractivity contribution in [2.75, 3.05) is 6.54 Å². The lowest BCUT2D eigenvalue weighted by Gasteiger charge is -2.18. The zero-order chi connectivity index (χ0) is 13.7. The fraction of sp³-hybridized carbons (Fsp3) is 0.286. The molecule has 1 atom stereocenters. The van der Waals surface area contributed by atoms with Gasteiger partial charge in [0, 0.05) is 12.2 Å². The highest BCUT2D eigenvalue weighted by atomic mass is 35.5. The van der Waals surface area contributed by atoms with Crippen molar-refractivity contribution in [3.8, 4) is 0 Å². The summed E-state index contributed by atoms with van der Waals surface area (Å²) >= 11 is 12.3. The van der Waals surface area contributed by atoms with Gasteiger partial charge in [-0.25, -0.2) is 0 Å². The molecule has 0 amide bonds. The Balaban J connectivity index is 2.24. The Labute approximate surface area is 123 Å². The largest absolute Gasteiger partial charge is 0.310 e. The fourth-order valence-corrected chi connectivity index (χ4v) is 2.38. The molecule has 0 saturated carbocycles. The topological polar surface area (TPSA) is 37.8 Å². The molecule has 2 aromatic rings. The molecule has 1 aromatic heterocycles. The van der Waals surface area contributed by atoms with E-state index >= 15 is 0 Å². The standard InChI is InChI=1S/C14H15Cl2N3/c1-2-17-13(11-6-7-18-19-9-11)8-10-4-3-5-12(15)14(10)16/h3-7,9,13,17H,2,8H2,1H3. The summed E-state index contributed by atoms with van der Waals surface area (Å²) in [4.78, 5) is 0. The highest BCUT2D eigenvalue weighted by Gasteiger charge is 2.14. The second kappa shape index (κ2) is 6.85. The number of benzene rings is 1. The van der Waals surface area contributed by atoms with Crippen LogP contribution in [0.5, 0.6) is 0 Å². The van der Waals surface area contributed by atoms with Gasteiger partial charge in [-0.3, -0.25) is 0 Å². The van der Waals surface area contributed by atoms with E-state index in [4.69, 9.17) is 23.2 Å². The van der Waals surface area contributed by atoms with E-state index in [1.54, 1.807) is 18.5 Å². The summed E-state index contributed by atoms with van der Waals surface area (Å²) in [5.74, 6) is 0. The molecule has 5 heteroatoms. The summed E-state index contributed by atoms with van der Waals surface area (Å²) in [6.07, 6.45) is 4.23. The minimum atomic E-state index is 0.150. The maximum Gasteiger partial charge on any atom is 0.0624 e. The van der Waals surface area contributed by atoms with E-state index in [1.807, 2.05) is 18.2 Å². The van der Waals surface area contributed by atoms with Crippen LogP contribution in [0.25, 0.3) is 0 Å². The molecule has 3 nitrogen and oxygen atoms in total. The van der Waals surface area contributed by atoms with Gasteiger partial charge in [0.05, 0.1) is 16.2 Å². The number of nitrogens with zero attached hydrogens (tertiary/aromatic N) is 2. The lowest BCUT2D eigenvalue weighted by molar-refractivity contribution is 0.547. The van der Waals surface area contributed by atoms with Crippen molar-refractivity contribution in [2.45, 2.75) is 19.4 Å². The Kier molecular flexibility index (Phi) is 5.14. The van der Waals surface area contributed by atoms with E-state index in [0.717, 1.165) is 24.1 Å². The molecule has 1 unspecified atom stereocenters. The molecule has 1 heterocycles. The molecule has 0 bridgehead atoms. The molecule has 0 aliphatic heterocycles. The maximum atomic E-state index is 6.24. The van der Waals surface area contributed by atoms with Gasteiger partial charge in [0.25, 0.3) is 0 Å². The summed E-state index contributed by atoms with van der Waals surface area (Å²) in [5, 5.41) is 12.4. The number of halogens is 2. The van der Waals surface area contributed by atoms with Crippen molar-refractivity contribution in [3.63, 3.8) is 0 Å². The van der Waals surface area contributed by atoms with Crippen LogP contribution < -0.4 is 5.32 Å². The molecular formula is C14H15Cl2N3. The van der Waals surface area contributed by atoms with Gasteiger partial charge in [0.2, 0.25) is 0 Å². The van der Waals surface area contributed by atoms with Crippen LogP contribution in [0, 0.1) is 0 Å². The molecule has 19 heavy (non-hydrogen) atoms. The van der Waals surface area contributed by atoms with Gasteiger partial charge in [0.1, 0.15) is 0 Å². The quantitative estimate of drug-likeness (QED) is 0.914. The van der Waals surface area contributed by atoms with Gasteiger partial charge >= 0.3 is 0 Å². The molecule has 100 valence electrons. The molecule has 0 spiro atoms. The number of nitrogens with one attached hydrogen (secondary N) is 1. The smallest absolute Gasteiger partial charge is 0.0624 e. The third-order valence-corrected chi connectivity index (χ3v) is 3.77. The van der Waals surface area contributed by atoms with Gasteiger partial charge < -0.3 is 5.32 Å². The molecule has 0 aliphatic carbocycles. The van der Waals surface area contributed by atoms with Gasteiger partial charge in [0.15, 0.2) is 0 Å².